The molecule has 0 aromatic heterocycles. The minimum Gasteiger partial charge on any atom is -0.492 e. The van der Waals surface area contributed by atoms with Gasteiger partial charge >= 0.3 is 0 Å². The molecule has 1 aliphatic rings. The van der Waals surface area contributed by atoms with Crippen LogP contribution in [0.3, 0.4) is 0 Å². The fourth-order valence-corrected chi connectivity index (χ4v) is 2.49. The van der Waals surface area contributed by atoms with E-state index in [1.807, 2.05) is 12.1 Å². The Morgan fingerprint density at radius 1 is 1.53 bits per heavy atom. The first kappa shape index (κ1) is 12.5. The fraction of sp³-hybridized carbons (Fsp3) is 0.538. The number of benzene rings is 1. The molecule has 1 unspecified atom stereocenters. The smallest absolute Gasteiger partial charge is 0.138 e. The van der Waals surface area contributed by atoms with Crippen molar-refractivity contribution >= 4 is 17.3 Å². The van der Waals surface area contributed by atoms with Crippen LogP contribution in [0.1, 0.15) is 12.8 Å². The maximum absolute atomic E-state index is 6.06. The van der Waals surface area contributed by atoms with Crippen molar-refractivity contribution in [2.45, 2.75) is 12.8 Å². The summed E-state index contributed by atoms with van der Waals surface area (Å²) in [7, 11) is 2.16. The van der Waals surface area contributed by atoms with Gasteiger partial charge in [0, 0.05) is 18.2 Å². The van der Waals surface area contributed by atoms with Gasteiger partial charge in [0.25, 0.3) is 0 Å². The number of piperidine rings is 1. The minimum atomic E-state index is 0.592. The van der Waals surface area contributed by atoms with Crippen LogP contribution in [0.5, 0.6) is 5.75 Å². The zero-order valence-corrected chi connectivity index (χ0v) is 10.9. The van der Waals surface area contributed by atoms with Gasteiger partial charge in [-0.2, -0.15) is 0 Å². The summed E-state index contributed by atoms with van der Waals surface area (Å²) >= 11 is 6.06. The Labute approximate surface area is 107 Å². The lowest BCUT2D eigenvalue weighted by Gasteiger charge is -2.29. The zero-order chi connectivity index (χ0) is 12.3. The number of likely N-dealkylation sites (tertiary alicyclic amines) is 1. The van der Waals surface area contributed by atoms with E-state index in [2.05, 4.69) is 11.9 Å². The third-order valence-electron chi connectivity index (χ3n) is 3.15. The van der Waals surface area contributed by atoms with Gasteiger partial charge in [0.05, 0.1) is 11.6 Å². The van der Waals surface area contributed by atoms with Crippen LogP contribution in [0.4, 0.5) is 5.69 Å². The Morgan fingerprint density at radius 3 is 3.06 bits per heavy atom. The van der Waals surface area contributed by atoms with Crippen LogP contribution in [0.25, 0.3) is 0 Å². The van der Waals surface area contributed by atoms with E-state index in [-0.39, 0.29) is 0 Å². The van der Waals surface area contributed by atoms with Gasteiger partial charge in [-0.05, 0) is 44.6 Å². The average Bonchev–Trinajstić information content (AvgIpc) is 2.28. The van der Waals surface area contributed by atoms with Crippen LogP contribution in [-0.2, 0) is 0 Å². The van der Waals surface area contributed by atoms with Gasteiger partial charge in [0.1, 0.15) is 5.75 Å². The maximum atomic E-state index is 6.06. The quantitative estimate of drug-likeness (QED) is 0.843. The first-order valence-electron chi connectivity index (χ1n) is 6.01. The maximum Gasteiger partial charge on any atom is 0.138 e. The summed E-state index contributed by atoms with van der Waals surface area (Å²) in [4.78, 5) is 2.35. The molecule has 0 aliphatic carbocycles. The van der Waals surface area contributed by atoms with E-state index in [0.717, 1.165) is 18.9 Å². The molecule has 0 radical (unpaired) electrons. The van der Waals surface area contributed by atoms with Crippen molar-refractivity contribution in [3.63, 3.8) is 0 Å². The Hall–Kier alpha value is -0.930. The van der Waals surface area contributed by atoms with Crippen molar-refractivity contribution in [2.24, 2.45) is 5.92 Å². The van der Waals surface area contributed by atoms with E-state index >= 15 is 0 Å². The molecule has 0 bridgehead atoms. The van der Waals surface area contributed by atoms with E-state index in [9.17, 15) is 0 Å². The van der Waals surface area contributed by atoms with Gasteiger partial charge in [-0.15, -0.1) is 0 Å². The second kappa shape index (κ2) is 5.61. The molecule has 1 aromatic rings. The summed E-state index contributed by atoms with van der Waals surface area (Å²) in [5.41, 5.74) is 6.30. The number of nitrogen functional groups attached to an aromatic ring is 1. The van der Waals surface area contributed by atoms with Crippen LogP contribution >= 0.6 is 11.6 Å². The first-order chi connectivity index (χ1) is 8.15. The van der Waals surface area contributed by atoms with Gasteiger partial charge < -0.3 is 15.4 Å². The molecule has 1 aliphatic heterocycles. The highest BCUT2D eigenvalue weighted by atomic mass is 35.5. The number of nitrogens with two attached hydrogens (primary N) is 1. The number of halogens is 1. The minimum absolute atomic E-state index is 0.592. The molecule has 1 aromatic carbocycles. The molecule has 1 atom stereocenters. The molecule has 4 heteroatoms. The predicted molar refractivity (Wildman–Crippen MR) is 71.6 cm³/mol. The van der Waals surface area contributed by atoms with E-state index in [1.165, 1.54) is 19.4 Å². The molecular formula is C13H19ClN2O. The van der Waals surface area contributed by atoms with Gasteiger partial charge in [-0.1, -0.05) is 11.6 Å². The lowest BCUT2D eigenvalue weighted by atomic mass is 10.00. The second-order valence-corrected chi connectivity index (χ2v) is 5.18. The highest BCUT2D eigenvalue weighted by Crippen LogP contribution is 2.27. The lowest BCUT2D eigenvalue weighted by molar-refractivity contribution is 0.150. The zero-order valence-electron chi connectivity index (χ0n) is 10.2. The number of anilines is 1. The fourth-order valence-electron chi connectivity index (χ4n) is 2.25. The highest BCUT2D eigenvalue weighted by molar-refractivity contribution is 6.32. The van der Waals surface area contributed by atoms with E-state index < -0.39 is 0 Å². The number of nitrogens with zero attached hydrogens (tertiary/aromatic N) is 1. The van der Waals surface area contributed by atoms with Gasteiger partial charge in [0.15, 0.2) is 0 Å². The highest BCUT2D eigenvalue weighted by Gasteiger charge is 2.18. The summed E-state index contributed by atoms with van der Waals surface area (Å²) in [6.45, 7) is 3.03. The van der Waals surface area contributed by atoms with Crippen LogP contribution in [-0.4, -0.2) is 31.6 Å². The van der Waals surface area contributed by atoms with Crippen molar-refractivity contribution in [1.29, 1.82) is 0 Å². The van der Waals surface area contributed by atoms with Crippen molar-refractivity contribution in [1.82, 2.24) is 4.90 Å². The number of hydrogen-bond acceptors (Lipinski definition) is 3. The Bertz CT molecular complexity index is 384. The molecule has 1 fully saturated rings. The third-order valence-corrected chi connectivity index (χ3v) is 3.45. The van der Waals surface area contributed by atoms with E-state index in [0.29, 0.717) is 16.6 Å². The van der Waals surface area contributed by atoms with Crippen LogP contribution in [0, 0.1) is 5.92 Å². The number of ether oxygens (including phenoxy) is 1. The Balaban J connectivity index is 1.88. The summed E-state index contributed by atoms with van der Waals surface area (Å²) in [6.07, 6.45) is 2.48. The Morgan fingerprint density at radius 2 is 2.35 bits per heavy atom. The molecule has 1 saturated heterocycles. The molecule has 0 amide bonds. The molecule has 3 nitrogen and oxygen atoms in total. The standard InChI is InChI=1S/C13H19ClN2O/c1-16-6-2-3-10(8-16)9-17-13-5-4-11(15)7-12(13)14/h4-5,7,10H,2-3,6,8-9,15H2,1H3. The topological polar surface area (TPSA) is 38.5 Å². The van der Waals surface area contributed by atoms with Crippen LogP contribution < -0.4 is 10.5 Å². The van der Waals surface area contributed by atoms with Crippen LogP contribution in [0.2, 0.25) is 5.02 Å². The largest absolute Gasteiger partial charge is 0.492 e. The predicted octanol–water partition coefficient (Wildman–Crippen LogP) is 2.64. The molecule has 1 heterocycles. The van der Waals surface area contributed by atoms with Crippen molar-refractivity contribution in [3.05, 3.63) is 23.2 Å². The van der Waals surface area contributed by atoms with E-state index in [4.69, 9.17) is 22.1 Å². The number of hydrogen-bond donors (Lipinski definition) is 1. The normalized spacial score (nSPS) is 21.4. The number of rotatable bonds is 3. The van der Waals surface area contributed by atoms with Crippen molar-refractivity contribution in [2.75, 3.05) is 32.5 Å². The molecule has 2 rings (SSSR count). The molecule has 94 valence electrons. The van der Waals surface area contributed by atoms with Crippen LogP contribution in [0.15, 0.2) is 18.2 Å². The average molecular weight is 255 g/mol. The first-order valence-corrected chi connectivity index (χ1v) is 6.39. The molecular weight excluding hydrogens is 236 g/mol. The molecule has 2 N–H and O–H groups in total. The Kier molecular flexibility index (Phi) is 4.13. The molecule has 17 heavy (non-hydrogen) atoms. The molecule has 0 saturated carbocycles. The second-order valence-electron chi connectivity index (χ2n) is 4.77. The SMILES string of the molecule is CN1CCCC(COc2ccc(N)cc2Cl)C1. The van der Waals surface area contributed by atoms with Crippen molar-refractivity contribution in [3.8, 4) is 5.75 Å². The summed E-state index contributed by atoms with van der Waals surface area (Å²) < 4.78 is 5.77. The van der Waals surface area contributed by atoms with Gasteiger partial charge in [0.2, 0.25) is 0 Å². The third kappa shape index (κ3) is 3.51. The summed E-state index contributed by atoms with van der Waals surface area (Å²) in [5, 5.41) is 0.592. The summed E-state index contributed by atoms with van der Waals surface area (Å²) in [5.74, 6) is 1.33. The molecule has 0 spiro atoms. The van der Waals surface area contributed by atoms with Gasteiger partial charge in [-0.25, -0.2) is 0 Å². The van der Waals surface area contributed by atoms with Crippen molar-refractivity contribution < 1.29 is 4.74 Å². The van der Waals surface area contributed by atoms with E-state index in [1.54, 1.807) is 6.07 Å². The monoisotopic (exact) mass is 254 g/mol. The van der Waals surface area contributed by atoms with Gasteiger partial charge in [-0.3, -0.25) is 0 Å². The lowest BCUT2D eigenvalue weighted by Crippen LogP contribution is -2.34. The summed E-state index contributed by atoms with van der Waals surface area (Å²) in [6, 6.07) is 5.38.